The standard InChI is InChI=1S/C28H39NO5S/c1-4-5-9-26(30)22-29(2)25-17-13-23(14-18-25)11-12-24-15-19-27(20-16-24)35(32,33)21-8-6-7-10-28(31)34-3/h11-20,26,30H,4-10,21-22H2,1-3H3/b12-11+. The van der Waals surface area contributed by atoms with Crippen molar-refractivity contribution in [3.63, 3.8) is 0 Å². The summed E-state index contributed by atoms with van der Waals surface area (Å²) in [6.07, 6.45) is 8.69. The Morgan fingerprint density at radius 1 is 0.971 bits per heavy atom. The van der Waals surface area contributed by atoms with Crippen molar-refractivity contribution in [3.05, 3.63) is 59.7 Å². The molecule has 1 N–H and O–H groups in total. The van der Waals surface area contributed by atoms with Gasteiger partial charge in [-0.25, -0.2) is 8.42 Å². The number of methoxy groups -OCH3 is 1. The lowest BCUT2D eigenvalue weighted by molar-refractivity contribution is -0.140. The van der Waals surface area contributed by atoms with Crippen molar-refractivity contribution >= 4 is 33.6 Å². The molecule has 0 spiro atoms. The number of sulfone groups is 1. The van der Waals surface area contributed by atoms with Crippen LogP contribution in [0.3, 0.4) is 0 Å². The number of carbonyl (C=O) groups excluding carboxylic acids is 1. The van der Waals surface area contributed by atoms with E-state index in [1.165, 1.54) is 7.11 Å². The molecule has 1 atom stereocenters. The number of rotatable bonds is 15. The number of likely N-dealkylation sites (N-methyl/N-ethyl adjacent to an activating group) is 1. The average Bonchev–Trinajstić information content (AvgIpc) is 2.86. The van der Waals surface area contributed by atoms with Crippen LogP contribution in [0.1, 0.15) is 63.0 Å². The summed E-state index contributed by atoms with van der Waals surface area (Å²) in [7, 11) is -0.00500. The Hall–Kier alpha value is -2.64. The first-order chi connectivity index (χ1) is 16.7. The maximum atomic E-state index is 12.6. The zero-order chi connectivity index (χ0) is 25.7. The van der Waals surface area contributed by atoms with Crippen molar-refractivity contribution in [1.29, 1.82) is 0 Å². The Bertz CT molecular complexity index is 1030. The average molecular weight is 502 g/mol. The summed E-state index contributed by atoms with van der Waals surface area (Å²) in [5, 5.41) is 10.1. The molecule has 192 valence electrons. The van der Waals surface area contributed by atoms with Gasteiger partial charge in [0.15, 0.2) is 9.84 Å². The van der Waals surface area contributed by atoms with E-state index < -0.39 is 9.84 Å². The molecule has 0 aliphatic rings. The lowest BCUT2D eigenvalue weighted by atomic mass is 10.1. The number of esters is 1. The van der Waals surface area contributed by atoms with Crippen molar-refractivity contribution < 1.29 is 23.1 Å². The molecule has 0 radical (unpaired) electrons. The third-order valence-corrected chi connectivity index (χ3v) is 7.75. The fourth-order valence-corrected chi connectivity index (χ4v) is 5.10. The molecule has 0 aliphatic heterocycles. The molecule has 0 fully saturated rings. The highest BCUT2D eigenvalue weighted by Gasteiger charge is 2.14. The number of hydrogen-bond donors (Lipinski definition) is 1. The van der Waals surface area contributed by atoms with Crippen LogP contribution < -0.4 is 4.90 Å². The molecule has 7 heteroatoms. The summed E-state index contributed by atoms with van der Waals surface area (Å²) in [5.74, 6) is -0.197. The van der Waals surface area contributed by atoms with Gasteiger partial charge in [-0.05, 0) is 54.7 Å². The number of hydrogen-bond acceptors (Lipinski definition) is 6. The minimum atomic E-state index is -3.34. The van der Waals surface area contributed by atoms with Crippen LogP contribution in [0.4, 0.5) is 5.69 Å². The first kappa shape index (κ1) is 28.6. The monoisotopic (exact) mass is 501 g/mol. The molecule has 0 saturated heterocycles. The van der Waals surface area contributed by atoms with Crippen LogP contribution in [0.2, 0.25) is 0 Å². The molecule has 0 bridgehead atoms. The second-order valence-electron chi connectivity index (χ2n) is 8.88. The van der Waals surface area contributed by atoms with E-state index in [1.54, 1.807) is 24.3 Å². The molecule has 6 nitrogen and oxygen atoms in total. The number of benzene rings is 2. The Morgan fingerprint density at radius 3 is 2.14 bits per heavy atom. The van der Waals surface area contributed by atoms with Gasteiger partial charge in [-0.1, -0.05) is 62.6 Å². The number of unbranched alkanes of at least 4 members (excludes halogenated alkanes) is 3. The molecular weight excluding hydrogens is 462 g/mol. The predicted octanol–water partition coefficient (Wildman–Crippen LogP) is 5.35. The fraction of sp³-hybridized carbons (Fsp3) is 0.464. The van der Waals surface area contributed by atoms with Crippen molar-refractivity contribution in [1.82, 2.24) is 0 Å². The first-order valence-electron chi connectivity index (χ1n) is 12.3. The Morgan fingerprint density at radius 2 is 1.57 bits per heavy atom. The molecule has 2 aromatic carbocycles. The topological polar surface area (TPSA) is 83.9 Å². The van der Waals surface area contributed by atoms with E-state index in [4.69, 9.17) is 0 Å². The lowest BCUT2D eigenvalue weighted by Gasteiger charge is -2.22. The fourth-order valence-electron chi connectivity index (χ4n) is 3.73. The Balaban J connectivity index is 1.87. The van der Waals surface area contributed by atoms with Gasteiger partial charge < -0.3 is 14.7 Å². The molecule has 2 aromatic rings. The Labute approximate surface area is 210 Å². The number of anilines is 1. The molecule has 2 rings (SSSR count). The third-order valence-electron chi connectivity index (χ3n) is 5.94. The van der Waals surface area contributed by atoms with E-state index in [-0.39, 0.29) is 17.8 Å². The van der Waals surface area contributed by atoms with Crippen molar-refractivity contribution in [2.75, 3.05) is 31.4 Å². The second kappa shape index (κ2) is 14.7. The molecule has 35 heavy (non-hydrogen) atoms. The van der Waals surface area contributed by atoms with Crippen molar-refractivity contribution in [2.45, 2.75) is 62.9 Å². The van der Waals surface area contributed by atoms with Crippen LogP contribution in [0.5, 0.6) is 0 Å². The number of aliphatic hydroxyl groups is 1. The van der Waals surface area contributed by atoms with Gasteiger partial charge in [-0.2, -0.15) is 0 Å². The minimum Gasteiger partial charge on any atom is -0.469 e. The van der Waals surface area contributed by atoms with Gasteiger partial charge in [0.1, 0.15) is 0 Å². The smallest absolute Gasteiger partial charge is 0.305 e. The van der Waals surface area contributed by atoms with E-state index in [0.29, 0.717) is 37.1 Å². The van der Waals surface area contributed by atoms with Gasteiger partial charge in [0.2, 0.25) is 0 Å². The summed E-state index contributed by atoms with van der Waals surface area (Å²) < 4.78 is 29.7. The minimum absolute atomic E-state index is 0.0692. The highest BCUT2D eigenvalue weighted by Crippen LogP contribution is 2.19. The van der Waals surface area contributed by atoms with Crippen LogP contribution in [0.25, 0.3) is 12.2 Å². The van der Waals surface area contributed by atoms with Gasteiger partial charge in [0.25, 0.3) is 0 Å². The van der Waals surface area contributed by atoms with Crippen LogP contribution in [0.15, 0.2) is 53.4 Å². The lowest BCUT2D eigenvalue weighted by Crippen LogP contribution is -2.28. The van der Waals surface area contributed by atoms with Crippen LogP contribution in [-0.4, -0.2) is 52.1 Å². The summed E-state index contributed by atoms with van der Waals surface area (Å²) in [5.41, 5.74) is 3.01. The molecule has 0 aromatic heterocycles. The largest absolute Gasteiger partial charge is 0.469 e. The number of nitrogens with zero attached hydrogens (tertiary/aromatic N) is 1. The normalized spacial score (nSPS) is 12.6. The zero-order valence-electron chi connectivity index (χ0n) is 21.2. The quantitative estimate of drug-likeness (QED) is 0.201. The van der Waals surface area contributed by atoms with Gasteiger partial charge in [0.05, 0.1) is 23.9 Å². The van der Waals surface area contributed by atoms with Gasteiger partial charge >= 0.3 is 5.97 Å². The molecule has 0 heterocycles. The molecule has 0 aliphatic carbocycles. The van der Waals surface area contributed by atoms with Crippen LogP contribution in [-0.2, 0) is 19.4 Å². The van der Waals surface area contributed by atoms with Gasteiger partial charge in [-0.3, -0.25) is 4.79 Å². The second-order valence-corrected chi connectivity index (χ2v) is 11.0. The number of aliphatic hydroxyl groups excluding tert-OH is 1. The zero-order valence-corrected chi connectivity index (χ0v) is 22.0. The van der Waals surface area contributed by atoms with Gasteiger partial charge in [0, 0.05) is 25.7 Å². The molecule has 1 unspecified atom stereocenters. The van der Waals surface area contributed by atoms with Crippen molar-refractivity contribution in [2.24, 2.45) is 0 Å². The number of carbonyl (C=O) groups is 1. The van der Waals surface area contributed by atoms with E-state index in [9.17, 15) is 18.3 Å². The van der Waals surface area contributed by atoms with E-state index in [2.05, 4.69) is 16.6 Å². The van der Waals surface area contributed by atoms with Crippen LogP contribution >= 0.6 is 0 Å². The highest BCUT2D eigenvalue weighted by molar-refractivity contribution is 7.91. The highest BCUT2D eigenvalue weighted by atomic mass is 32.2. The summed E-state index contributed by atoms with van der Waals surface area (Å²) >= 11 is 0. The molecular formula is C28H39NO5S. The Kier molecular flexibility index (Phi) is 12.0. The number of ether oxygens (including phenoxy) is 1. The van der Waals surface area contributed by atoms with Crippen molar-refractivity contribution in [3.8, 4) is 0 Å². The van der Waals surface area contributed by atoms with E-state index in [0.717, 1.165) is 36.1 Å². The summed E-state index contributed by atoms with van der Waals surface area (Å²) in [4.78, 5) is 13.5. The predicted molar refractivity (Wildman–Crippen MR) is 143 cm³/mol. The van der Waals surface area contributed by atoms with Crippen LogP contribution in [0, 0.1) is 0 Å². The summed E-state index contributed by atoms with van der Waals surface area (Å²) in [6, 6.07) is 15.0. The third kappa shape index (κ3) is 10.2. The van der Waals surface area contributed by atoms with Gasteiger partial charge in [-0.15, -0.1) is 0 Å². The maximum Gasteiger partial charge on any atom is 0.305 e. The van der Waals surface area contributed by atoms with E-state index >= 15 is 0 Å². The molecule has 0 amide bonds. The SMILES string of the molecule is CCCCC(O)CN(C)c1ccc(/C=C/c2ccc(S(=O)(=O)CCCCCC(=O)OC)cc2)cc1. The maximum absolute atomic E-state index is 12.6. The summed E-state index contributed by atoms with van der Waals surface area (Å²) in [6.45, 7) is 2.73. The van der Waals surface area contributed by atoms with E-state index in [1.807, 2.05) is 43.5 Å². The molecule has 0 saturated carbocycles. The first-order valence-corrected chi connectivity index (χ1v) is 14.0.